The zero-order valence-corrected chi connectivity index (χ0v) is 12.1. The van der Waals surface area contributed by atoms with Gasteiger partial charge in [-0.2, -0.15) is 0 Å². The highest BCUT2D eigenvalue weighted by atomic mass is 35.5. The van der Waals surface area contributed by atoms with E-state index in [0.29, 0.717) is 16.4 Å². The van der Waals surface area contributed by atoms with Crippen LogP contribution in [0, 0.1) is 0 Å². The van der Waals surface area contributed by atoms with Gasteiger partial charge in [-0.3, -0.25) is 4.79 Å². The number of benzene rings is 2. The highest BCUT2D eigenvalue weighted by molar-refractivity contribution is 6.31. The van der Waals surface area contributed by atoms with Crippen LogP contribution in [-0.4, -0.2) is 5.78 Å². The highest BCUT2D eigenvalue weighted by Crippen LogP contribution is 2.36. The topological polar surface area (TPSA) is 30.2 Å². The van der Waals surface area contributed by atoms with Crippen LogP contribution in [0.2, 0.25) is 5.02 Å². The van der Waals surface area contributed by atoms with Crippen LogP contribution in [0.25, 0.3) is 11.0 Å². The first-order chi connectivity index (χ1) is 10.2. The Balaban J connectivity index is 1.74. The molecule has 1 aliphatic carbocycles. The van der Waals surface area contributed by atoms with Gasteiger partial charge in [-0.25, -0.2) is 0 Å². The third-order valence-corrected chi connectivity index (χ3v) is 4.41. The number of hydrogen-bond donors (Lipinski definition) is 0. The van der Waals surface area contributed by atoms with Gasteiger partial charge in [0.15, 0.2) is 5.76 Å². The molecule has 0 bridgehead atoms. The van der Waals surface area contributed by atoms with Gasteiger partial charge in [-0.15, -0.1) is 0 Å². The second-order valence-corrected chi connectivity index (χ2v) is 5.88. The first kappa shape index (κ1) is 12.7. The minimum Gasteiger partial charge on any atom is -0.453 e. The fourth-order valence-electron chi connectivity index (χ4n) is 3.14. The van der Waals surface area contributed by atoms with E-state index in [2.05, 4.69) is 6.07 Å². The molecule has 3 aromatic rings. The molecule has 1 heterocycles. The Labute approximate surface area is 127 Å². The van der Waals surface area contributed by atoms with E-state index in [4.69, 9.17) is 16.0 Å². The fourth-order valence-corrected chi connectivity index (χ4v) is 3.32. The summed E-state index contributed by atoms with van der Waals surface area (Å²) >= 11 is 5.97. The lowest BCUT2D eigenvalue weighted by Crippen LogP contribution is -2.09. The van der Waals surface area contributed by atoms with Crippen molar-refractivity contribution in [3.63, 3.8) is 0 Å². The van der Waals surface area contributed by atoms with Gasteiger partial charge in [0.1, 0.15) is 5.58 Å². The first-order valence-electron chi connectivity index (χ1n) is 7.03. The zero-order chi connectivity index (χ0) is 14.4. The van der Waals surface area contributed by atoms with E-state index in [0.717, 1.165) is 23.8 Å². The molecule has 0 amide bonds. The zero-order valence-electron chi connectivity index (χ0n) is 11.3. The van der Waals surface area contributed by atoms with E-state index < -0.39 is 0 Å². The molecule has 1 unspecified atom stereocenters. The van der Waals surface area contributed by atoms with Crippen LogP contribution in [0.4, 0.5) is 0 Å². The minimum atomic E-state index is -0.0859. The van der Waals surface area contributed by atoms with Crippen LogP contribution >= 0.6 is 11.6 Å². The Bertz CT molecular complexity index is 847. The lowest BCUT2D eigenvalue weighted by molar-refractivity contribution is 0.0934. The molecule has 1 aromatic heterocycles. The van der Waals surface area contributed by atoms with E-state index >= 15 is 0 Å². The van der Waals surface area contributed by atoms with Crippen LogP contribution < -0.4 is 0 Å². The van der Waals surface area contributed by atoms with E-state index in [9.17, 15) is 4.79 Å². The molecule has 4 rings (SSSR count). The Kier molecular flexibility index (Phi) is 2.86. The Morgan fingerprint density at radius 2 is 2.00 bits per heavy atom. The molecule has 0 fully saturated rings. The molecule has 2 nitrogen and oxygen atoms in total. The predicted octanol–water partition coefficient (Wildman–Crippen LogP) is 5.00. The van der Waals surface area contributed by atoms with Crippen molar-refractivity contribution in [2.24, 2.45) is 0 Å². The number of rotatable bonds is 2. The summed E-state index contributed by atoms with van der Waals surface area (Å²) in [6.07, 6.45) is 1.81. The Hall–Kier alpha value is -2.06. The summed E-state index contributed by atoms with van der Waals surface area (Å²) < 4.78 is 5.70. The molecule has 3 heteroatoms. The summed E-state index contributed by atoms with van der Waals surface area (Å²) in [5.41, 5.74) is 3.12. The third-order valence-electron chi connectivity index (χ3n) is 4.17. The number of carbonyl (C=O) groups excluding carboxylic acids is 1. The van der Waals surface area contributed by atoms with Crippen molar-refractivity contribution in [2.75, 3.05) is 0 Å². The summed E-state index contributed by atoms with van der Waals surface area (Å²) in [5.74, 6) is 0.401. The van der Waals surface area contributed by atoms with Crippen molar-refractivity contribution in [2.45, 2.75) is 18.8 Å². The number of hydrogen-bond acceptors (Lipinski definition) is 2. The number of fused-ring (bicyclic) bond motifs is 2. The maximum Gasteiger partial charge on any atom is 0.205 e. The summed E-state index contributed by atoms with van der Waals surface area (Å²) in [7, 11) is 0. The van der Waals surface area contributed by atoms with Gasteiger partial charge < -0.3 is 4.42 Å². The number of ketones is 1. The van der Waals surface area contributed by atoms with Crippen molar-refractivity contribution in [1.29, 1.82) is 0 Å². The number of Topliss-reactive ketones (excluding diaryl/α,β-unsaturated/α-hetero) is 1. The number of halogens is 1. The smallest absolute Gasteiger partial charge is 0.205 e. The van der Waals surface area contributed by atoms with E-state index in [1.54, 1.807) is 18.2 Å². The molecule has 1 aliphatic rings. The molecule has 2 aromatic carbocycles. The molecule has 0 saturated carbocycles. The van der Waals surface area contributed by atoms with Gasteiger partial charge in [0.2, 0.25) is 5.78 Å². The second-order valence-electron chi connectivity index (χ2n) is 5.45. The van der Waals surface area contributed by atoms with Crippen LogP contribution in [0.3, 0.4) is 0 Å². The molecule has 0 N–H and O–H groups in total. The van der Waals surface area contributed by atoms with Crippen LogP contribution in [-0.2, 0) is 6.42 Å². The number of aryl methyl sites for hydroxylation is 1. The fraction of sp³-hybridized carbons (Fsp3) is 0.167. The molecule has 1 atom stereocenters. The first-order valence-corrected chi connectivity index (χ1v) is 7.41. The highest BCUT2D eigenvalue weighted by Gasteiger charge is 2.30. The van der Waals surface area contributed by atoms with E-state index in [1.807, 2.05) is 24.3 Å². The van der Waals surface area contributed by atoms with Crippen LogP contribution in [0.15, 0.2) is 52.9 Å². The monoisotopic (exact) mass is 296 g/mol. The van der Waals surface area contributed by atoms with Gasteiger partial charge in [0.05, 0.1) is 5.92 Å². The van der Waals surface area contributed by atoms with Crippen molar-refractivity contribution < 1.29 is 9.21 Å². The van der Waals surface area contributed by atoms with Gasteiger partial charge in [-0.05, 0) is 48.2 Å². The van der Waals surface area contributed by atoms with Crippen LogP contribution in [0.1, 0.15) is 34.0 Å². The predicted molar refractivity (Wildman–Crippen MR) is 83.1 cm³/mol. The summed E-state index contributed by atoms with van der Waals surface area (Å²) in [6.45, 7) is 0. The Morgan fingerprint density at radius 1 is 1.14 bits per heavy atom. The van der Waals surface area contributed by atoms with Crippen molar-refractivity contribution in [3.8, 4) is 0 Å². The maximum absolute atomic E-state index is 12.7. The lowest BCUT2D eigenvalue weighted by Gasteiger charge is -2.07. The van der Waals surface area contributed by atoms with E-state index in [-0.39, 0.29) is 11.7 Å². The summed E-state index contributed by atoms with van der Waals surface area (Å²) in [4.78, 5) is 12.7. The third kappa shape index (κ3) is 2.07. The van der Waals surface area contributed by atoms with E-state index in [1.165, 1.54) is 5.56 Å². The largest absolute Gasteiger partial charge is 0.453 e. The molecular weight excluding hydrogens is 284 g/mol. The number of furan rings is 1. The second kappa shape index (κ2) is 4.74. The molecule has 0 spiro atoms. The average molecular weight is 297 g/mol. The molecular formula is C18H13ClO2. The van der Waals surface area contributed by atoms with Crippen molar-refractivity contribution in [3.05, 3.63) is 70.4 Å². The minimum absolute atomic E-state index is 0.0623. The molecule has 0 aliphatic heterocycles. The summed E-state index contributed by atoms with van der Waals surface area (Å²) in [5, 5.41) is 1.52. The molecule has 104 valence electrons. The molecule has 21 heavy (non-hydrogen) atoms. The van der Waals surface area contributed by atoms with Gasteiger partial charge in [-0.1, -0.05) is 35.9 Å². The summed E-state index contributed by atoms with van der Waals surface area (Å²) in [6, 6.07) is 15.3. The van der Waals surface area contributed by atoms with Gasteiger partial charge in [0, 0.05) is 10.4 Å². The lowest BCUT2D eigenvalue weighted by atomic mass is 9.95. The van der Waals surface area contributed by atoms with Crippen molar-refractivity contribution in [1.82, 2.24) is 0 Å². The average Bonchev–Trinajstić information content (AvgIpc) is 3.09. The van der Waals surface area contributed by atoms with Gasteiger partial charge in [0.25, 0.3) is 0 Å². The van der Waals surface area contributed by atoms with Gasteiger partial charge >= 0.3 is 0 Å². The number of carbonyl (C=O) groups is 1. The SMILES string of the molecule is O=C(c1cc2cc(Cl)ccc2o1)C1CCc2ccccc21. The molecule has 0 radical (unpaired) electrons. The van der Waals surface area contributed by atoms with Crippen molar-refractivity contribution >= 4 is 28.4 Å². The quantitative estimate of drug-likeness (QED) is 0.623. The maximum atomic E-state index is 12.7. The van der Waals surface area contributed by atoms with Crippen LogP contribution in [0.5, 0.6) is 0 Å². The molecule has 0 saturated heterocycles. The standard InChI is InChI=1S/C18H13ClO2/c19-13-6-8-16-12(9-13)10-17(21-16)18(20)15-7-5-11-3-1-2-4-14(11)15/h1-4,6,8-10,15H,5,7H2. The Morgan fingerprint density at radius 3 is 2.90 bits per heavy atom. The normalized spacial score (nSPS) is 17.1.